The minimum Gasteiger partial charge on any atom is -0.872 e. The van der Waals surface area contributed by atoms with Gasteiger partial charge < -0.3 is 24.4 Å². The monoisotopic (exact) mass is 476 g/mol. The molecule has 2 aliphatic rings. The number of carbonyl (C=O) groups excluding carboxylic acids is 2. The highest BCUT2D eigenvalue weighted by molar-refractivity contribution is 6.46. The van der Waals surface area contributed by atoms with Crippen molar-refractivity contribution in [3.8, 4) is 5.75 Å². The molecule has 0 bridgehead atoms. The van der Waals surface area contributed by atoms with Crippen LogP contribution in [0, 0.1) is 6.92 Å². The number of quaternary nitrogens is 1. The summed E-state index contributed by atoms with van der Waals surface area (Å²) in [5.74, 6) is -1.17. The summed E-state index contributed by atoms with van der Waals surface area (Å²) in [6.45, 7) is 10.5. The number of hydrogen-bond donors (Lipinski definition) is 1. The summed E-state index contributed by atoms with van der Waals surface area (Å²) in [6.07, 6.45) is 2.37. The number of Topliss-reactive ketones (excluding diaryl/α,β-unsaturated/α-hetero) is 1. The Labute approximate surface area is 206 Å². The second-order valence-corrected chi connectivity index (χ2v) is 8.98. The standard InChI is InChI=1S/C28H32N2O5/c1-3-16-35-23-7-4-6-22(19-23)25-24(26(31)21-10-8-20(2)9-11-21)27(32)28(33)30(25)13-5-12-29-14-17-34-18-15-29/h3-4,6-11,19,25,31H,1,5,12-18H2,2H3/b26-24+. The molecule has 0 radical (unpaired) electrons. The smallest absolute Gasteiger partial charge is 0.295 e. The topological polar surface area (TPSA) is 83.3 Å². The Morgan fingerprint density at radius 1 is 1.20 bits per heavy atom. The van der Waals surface area contributed by atoms with Gasteiger partial charge in [-0.2, -0.15) is 0 Å². The number of nitrogens with zero attached hydrogens (tertiary/aromatic N) is 1. The lowest BCUT2D eigenvalue weighted by molar-refractivity contribution is -0.908. The molecule has 184 valence electrons. The van der Waals surface area contributed by atoms with E-state index in [0.717, 1.165) is 44.8 Å². The lowest BCUT2D eigenvalue weighted by Gasteiger charge is -2.29. The van der Waals surface area contributed by atoms with Crippen LogP contribution in [0.1, 0.15) is 29.2 Å². The van der Waals surface area contributed by atoms with E-state index in [1.165, 1.54) is 4.90 Å². The highest BCUT2D eigenvalue weighted by Gasteiger charge is 2.44. The summed E-state index contributed by atoms with van der Waals surface area (Å²) < 4.78 is 11.1. The Morgan fingerprint density at radius 3 is 2.66 bits per heavy atom. The highest BCUT2D eigenvalue weighted by Crippen LogP contribution is 2.39. The molecule has 2 aromatic carbocycles. The molecule has 7 heteroatoms. The average Bonchev–Trinajstić information content (AvgIpc) is 3.13. The van der Waals surface area contributed by atoms with E-state index in [2.05, 4.69) is 6.58 Å². The van der Waals surface area contributed by atoms with Crippen molar-refractivity contribution in [2.24, 2.45) is 0 Å². The number of amides is 1. The minimum atomic E-state index is -0.754. The maximum absolute atomic E-state index is 13.5. The summed E-state index contributed by atoms with van der Waals surface area (Å²) in [5, 5.41) is 13.5. The SMILES string of the molecule is C=CCOc1cccc(C2/C(=C(\[O-])c3ccc(C)cc3)C(=O)C(=O)N2CCC[NH+]2CCOCC2)c1. The van der Waals surface area contributed by atoms with Crippen LogP contribution in [0.2, 0.25) is 0 Å². The molecule has 2 fully saturated rings. The minimum absolute atomic E-state index is 0.00144. The predicted octanol–water partition coefficient (Wildman–Crippen LogP) is 1.09. The second-order valence-electron chi connectivity index (χ2n) is 8.98. The largest absolute Gasteiger partial charge is 0.872 e. The molecule has 1 atom stereocenters. The lowest BCUT2D eigenvalue weighted by atomic mass is 9.95. The van der Waals surface area contributed by atoms with Crippen LogP contribution in [-0.4, -0.2) is 62.6 Å². The van der Waals surface area contributed by atoms with Gasteiger partial charge in [0.25, 0.3) is 5.91 Å². The van der Waals surface area contributed by atoms with Crippen LogP contribution in [-0.2, 0) is 14.3 Å². The molecule has 4 rings (SSSR count). The third-order valence-electron chi connectivity index (χ3n) is 6.51. The summed E-state index contributed by atoms with van der Waals surface area (Å²) in [5.41, 5.74) is 2.09. The maximum Gasteiger partial charge on any atom is 0.295 e. The maximum atomic E-state index is 13.5. The zero-order valence-corrected chi connectivity index (χ0v) is 20.1. The van der Waals surface area contributed by atoms with Gasteiger partial charge in [0, 0.05) is 18.5 Å². The van der Waals surface area contributed by atoms with Gasteiger partial charge in [-0.15, -0.1) is 0 Å². The summed E-state index contributed by atoms with van der Waals surface area (Å²) in [4.78, 5) is 29.3. The van der Waals surface area contributed by atoms with E-state index >= 15 is 0 Å². The number of carbonyl (C=O) groups is 2. The van der Waals surface area contributed by atoms with Crippen molar-refractivity contribution in [2.75, 3.05) is 46.0 Å². The van der Waals surface area contributed by atoms with Gasteiger partial charge in [0.1, 0.15) is 25.4 Å². The molecular weight excluding hydrogens is 444 g/mol. The first-order valence-corrected chi connectivity index (χ1v) is 12.1. The van der Waals surface area contributed by atoms with Crippen LogP contribution >= 0.6 is 0 Å². The van der Waals surface area contributed by atoms with Crippen LogP contribution < -0.4 is 14.7 Å². The Kier molecular flexibility index (Phi) is 8.00. The molecular formula is C28H32N2O5. The molecule has 35 heavy (non-hydrogen) atoms. The molecule has 2 saturated heterocycles. The van der Waals surface area contributed by atoms with Gasteiger partial charge in [-0.05, 0) is 30.2 Å². The predicted molar refractivity (Wildman–Crippen MR) is 131 cm³/mol. The van der Waals surface area contributed by atoms with Crippen LogP contribution in [0.4, 0.5) is 0 Å². The van der Waals surface area contributed by atoms with Crippen molar-refractivity contribution >= 4 is 17.4 Å². The van der Waals surface area contributed by atoms with Crippen molar-refractivity contribution in [3.63, 3.8) is 0 Å². The average molecular weight is 477 g/mol. The quantitative estimate of drug-likeness (QED) is 0.254. The van der Waals surface area contributed by atoms with Gasteiger partial charge in [0.15, 0.2) is 0 Å². The highest BCUT2D eigenvalue weighted by atomic mass is 16.5. The normalized spacial score (nSPS) is 20.3. The molecule has 0 saturated carbocycles. The van der Waals surface area contributed by atoms with E-state index < -0.39 is 23.5 Å². The number of ether oxygens (including phenoxy) is 2. The van der Waals surface area contributed by atoms with Crippen molar-refractivity contribution < 1.29 is 29.1 Å². The first-order valence-electron chi connectivity index (χ1n) is 12.1. The van der Waals surface area contributed by atoms with Gasteiger partial charge in [-0.25, -0.2) is 0 Å². The molecule has 1 unspecified atom stereocenters. The molecule has 0 spiro atoms. The molecule has 0 aromatic heterocycles. The number of nitrogens with one attached hydrogen (secondary N) is 1. The van der Waals surface area contributed by atoms with E-state index in [1.807, 2.05) is 31.2 Å². The Hall–Kier alpha value is -3.42. The Balaban J connectivity index is 1.68. The molecule has 2 heterocycles. The lowest BCUT2D eigenvalue weighted by Crippen LogP contribution is -3.14. The van der Waals surface area contributed by atoms with Gasteiger partial charge in [0.2, 0.25) is 5.78 Å². The van der Waals surface area contributed by atoms with Crippen molar-refractivity contribution in [2.45, 2.75) is 19.4 Å². The van der Waals surface area contributed by atoms with Crippen LogP contribution in [0.25, 0.3) is 5.76 Å². The number of likely N-dealkylation sites (tertiary alicyclic amines) is 1. The van der Waals surface area contributed by atoms with Crippen LogP contribution in [0.5, 0.6) is 5.75 Å². The first kappa shape index (κ1) is 24.7. The summed E-state index contributed by atoms with van der Waals surface area (Å²) in [6, 6.07) is 13.6. The van der Waals surface area contributed by atoms with E-state index in [0.29, 0.717) is 30.0 Å². The zero-order chi connectivity index (χ0) is 24.8. The fraction of sp³-hybridized carbons (Fsp3) is 0.357. The fourth-order valence-corrected chi connectivity index (χ4v) is 4.65. The number of ketones is 1. The van der Waals surface area contributed by atoms with Crippen molar-refractivity contribution in [1.82, 2.24) is 4.90 Å². The van der Waals surface area contributed by atoms with Gasteiger partial charge in [0.05, 0.1) is 25.8 Å². The summed E-state index contributed by atoms with van der Waals surface area (Å²) >= 11 is 0. The fourth-order valence-electron chi connectivity index (χ4n) is 4.65. The summed E-state index contributed by atoms with van der Waals surface area (Å²) in [7, 11) is 0. The molecule has 2 aliphatic heterocycles. The van der Waals surface area contributed by atoms with Crippen molar-refractivity contribution in [1.29, 1.82) is 0 Å². The molecule has 2 aromatic rings. The third kappa shape index (κ3) is 5.63. The Bertz CT molecular complexity index is 1100. The number of rotatable bonds is 9. The van der Waals surface area contributed by atoms with Crippen molar-refractivity contribution in [3.05, 3.63) is 83.4 Å². The number of morpholine rings is 1. The van der Waals surface area contributed by atoms with E-state index in [1.54, 1.807) is 35.2 Å². The number of hydrogen-bond acceptors (Lipinski definition) is 5. The van der Waals surface area contributed by atoms with E-state index in [4.69, 9.17) is 9.47 Å². The van der Waals surface area contributed by atoms with Crippen LogP contribution in [0.15, 0.2) is 66.8 Å². The molecule has 7 nitrogen and oxygen atoms in total. The van der Waals surface area contributed by atoms with Crippen LogP contribution in [0.3, 0.4) is 0 Å². The molecule has 1 amide bonds. The Morgan fingerprint density at radius 2 is 1.94 bits per heavy atom. The third-order valence-corrected chi connectivity index (χ3v) is 6.51. The molecule has 0 aliphatic carbocycles. The van der Waals surface area contributed by atoms with Gasteiger partial charge >= 0.3 is 0 Å². The zero-order valence-electron chi connectivity index (χ0n) is 20.1. The van der Waals surface area contributed by atoms with E-state index in [9.17, 15) is 14.7 Å². The molecule has 1 N–H and O–H groups in total. The van der Waals surface area contributed by atoms with E-state index in [-0.39, 0.29) is 5.57 Å². The van der Waals surface area contributed by atoms with Gasteiger partial charge in [-0.1, -0.05) is 60.4 Å². The number of benzene rings is 2. The van der Waals surface area contributed by atoms with Gasteiger partial charge in [-0.3, -0.25) is 9.59 Å². The number of aryl methyl sites for hydroxylation is 1. The first-order chi connectivity index (χ1) is 17.0. The second kappa shape index (κ2) is 11.3.